The van der Waals surface area contributed by atoms with Gasteiger partial charge in [-0.1, -0.05) is 27.0 Å². The van der Waals surface area contributed by atoms with Crippen molar-refractivity contribution in [1.29, 1.82) is 0 Å². The van der Waals surface area contributed by atoms with Crippen molar-refractivity contribution < 1.29 is 22.5 Å². The van der Waals surface area contributed by atoms with Gasteiger partial charge in [-0.25, -0.2) is 13.6 Å². The van der Waals surface area contributed by atoms with Crippen molar-refractivity contribution >= 4 is 33.8 Å². The highest BCUT2D eigenvalue weighted by Gasteiger charge is 2.12. The number of sulfonamides is 1. The number of nitrogens with zero attached hydrogens (tertiary/aromatic N) is 2. The van der Waals surface area contributed by atoms with Crippen LogP contribution in [0.25, 0.3) is 33.9 Å². The molecule has 0 atom stereocenters. The van der Waals surface area contributed by atoms with E-state index in [1.807, 2.05) is 56.5 Å². The molecule has 51 heavy (non-hydrogen) atoms. The smallest absolute Gasteiger partial charge is 0.238 e. The van der Waals surface area contributed by atoms with Crippen LogP contribution in [0, 0.1) is 13.8 Å². The van der Waals surface area contributed by atoms with E-state index in [1.165, 1.54) is 22.6 Å². The Morgan fingerprint density at radius 1 is 0.686 bits per heavy atom. The summed E-state index contributed by atoms with van der Waals surface area (Å²) in [6.07, 6.45) is 6.23. The number of hydrogen-bond donors (Lipinski definition) is 2. The Hall–Kier alpha value is -4.27. The summed E-state index contributed by atoms with van der Waals surface area (Å²) in [4.78, 5) is 6.34. The van der Waals surface area contributed by atoms with Crippen LogP contribution >= 0.6 is 23.8 Å². The van der Waals surface area contributed by atoms with E-state index in [-0.39, 0.29) is 19.7 Å². The van der Waals surface area contributed by atoms with Gasteiger partial charge in [0.2, 0.25) is 10.0 Å². The second-order valence-electron chi connectivity index (χ2n) is 11.0. The minimum absolute atomic E-state index is 0. The molecule has 6 rings (SSSR count). The number of hydrogen-bond acceptors (Lipinski definition) is 8. The lowest BCUT2D eigenvalue weighted by atomic mass is 10.1. The second kappa shape index (κ2) is 18.8. The maximum Gasteiger partial charge on any atom is 0.238 e. The zero-order valence-corrected chi connectivity index (χ0v) is 30.0. The van der Waals surface area contributed by atoms with Crippen LogP contribution in [-0.4, -0.2) is 30.4 Å². The van der Waals surface area contributed by atoms with Gasteiger partial charge >= 0.3 is 0 Å². The molecule has 2 aromatic heterocycles. The van der Waals surface area contributed by atoms with E-state index in [0.29, 0.717) is 6.61 Å². The zero-order valence-electron chi connectivity index (χ0n) is 27.6. The van der Waals surface area contributed by atoms with Gasteiger partial charge in [0.1, 0.15) is 5.75 Å². The molecule has 0 amide bonds. The Balaban J connectivity index is 0.000000265. The highest BCUT2D eigenvalue weighted by molar-refractivity contribution is 7.98. The maximum atomic E-state index is 11.4. The first-order chi connectivity index (χ1) is 23.6. The van der Waals surface area contributed by atoms with Gasteiger partial charge in [0.25, 0.3) is 0 Å². The van der Waals surface area contributed by atoms with E-state index in [9.17, 15) is 8.42 Å². The average Bonchev–Trinajstić information content (AvgIpc) is 3.70. The van der Waals surface area contributed by atoms with Crippen LogP contribution in [0.3, 0.4) is 0 Å². The summed E-state index contributed by atoms with van der Waals surface area (Å²) in [6, 6.07) is 35.3. The van der Waals surface area contributed by atoms with Crippen LogP contribution in [0.1, 0.15) is 32.9 Å². The van der Waals surface area contributed by atoms with Crippen molar-refractivity contribution in [3.63, 3.8) is 0 Å². The molecule has 0 fully saturated rings. The molecule has 0 unspecified atom stereocenters. The Kier molecular flexibility index (Phi) is 15.2. The number of aromatic nitrogens is 2. The summed E-state index contributed by atoms with van der Waals surface area (Å²) in [5.41, 5.74) is 8.66. The van der Waals surface area contributed by atoms with Crippen LogP contribution in [0.4, 0.5) is 0 Å². The van der Waals surface area contributed by atoms with Gasteiger partial charge in [-0.2, -0.15) is 5.90 Å². The van der Waals surface area contributed by atoms with Crippen LogP contribution in [0.5, 0.6) is 5.75 Å². The largest absolute Gasteiger partial charge is 0.494 e. The molecule has 0 aliphatic carbocycles. The Morgan fingerprint density at radius 3 is 1.55 bits per heavy atom. The molecule has 6 aromatic rings. The van der Waals surface area contributed by atoms with E-state index < -0.39 is 10.0 Å². The Bertz CT molecular complexity index is 2080. The molecular weight excluding hydrogens is 701 g/mol. The lowest BCUT2D eigenvalue weighted by Gasteiger charge is -2.11. The monoisotopic (exact) mass is 746 g/mol. The molecule has 9 nitrogen and oxygen atoms in total. The van der Waals surface area contributed by atoms with E-state index in [1.54, 1.807) is 23.9 Å². The molecule has 0 spiro atoms. The SMILES string of the molecule is C.C.CCOc1ccc(-c2cc(C)cn2-c2ccc(SOON)cc2)cc1.CSc1ccc(-n2cc(C)cc2-c2ccc(S(N)(=O)=O)cc2)cc1. The third-order valence-corrected chi connectivity index (χ3v) is 9.77. The fourth-order valence-corrected chi connectivity index (χ4v) is 6.52. The van der Waals surface area contributed by atoms with Crippen molar-refractivity contribution in [3.05, 3.63) is 133 Å². The Morgan fingerprint density at radius 2 is 1.14 bits per heavy atom. The van der Waals surface area contributed by atoms with Gasteiger partial charge in [-0.05, 0) is 146 Å². The third kappa shape index (κ3) is 10.6. The van der Waals surface area contributed by atoms with Crippen molar-refractivity contribution in [2.24, 2.45) is 11.0 Å². The maximum absolute atomic E-state index is 11.4. The lowest BCUT2D eigenvalue weighted by Crippen LogP contribution is -2.11. The van der Waals surface area contributed by atoms with Crippen LogP contribution in [0.15, 0.2) is 136 Å². The third-order valence-electron chi connectivity index (χ3n) is 7.49. The molecule has 0 saturated heterocycles. The molecule has 270 valence electrons. The van der Waals surface area contributed by atoms with E-state index in [2.05, 4.69) is 86.3 Å². The molecule has 12 heteroatoms. The summed E-state index contributed by atoms with van der Waals surface area (Å²) in [6.45, 7) is 6.77. The normalized spacial score (nSPS) is 10.8. The van der Waals surface area contributed by atoms with Gasteiger partial charge in [-0.15, -0.1) is 21.1 Å². The summed E-state index contributed by atoms with van der Waals surface area (Å²) >= 11 is 2.77. The van der Waals surface area contributed by atoms with Crippen LogP contribution in [-0.2, 0) is 19.3 Å². The predicted octanol–water partition coefficient (Wildman–Crippen LogP) is 9.77. The van der Waals surface area contributed by atoms with Crippen molar-refractivity contribution in [2.45, 2.75) is 50.3 Å². The minimum Gasteiger partial charge on any atom is -0.494 e. The van der Waals surface area contributed by atoms with Gasteiger partial charge in [0, 0.05) is 33.6 Å². The number of aryl methyl sites for hydroxylation is 2. The van der Waals surface area contributed by atoms with Gasteiger partial charge in [-0.3, -0.25) is 0 Å². The van der Waals surface area contributed by atoms with E-state index in [0.717, 1.165) is 62.1 Å². The first-order valence-corrected chi connectivity index (χ1v) is 18.8. The quantitative estimate of drug-likeness (QED) is 0.0582. The molecule has 4 aromatic carbocycles. The van der Waals surface area contributed by atoms with E-state index in [4.69, 9.17) is 15.8 Å². The van der Waals surface area contributed by atoms with Crippen LogP contribution in [0.2, 0.25) is 0 Å². The van der Waals surface area contributed by atoms with Gasteiger partial charge < -0.3 is 13.9 Å². The van der Waals surface area contributed by atoms with Crippen molar-refractivity contribution in [1.82, 2.24) is 9.13 Å². The predicted molar refractivity (Wildman–Crippen MR) is 212 cm³/mol. The van der Waals surface area contributed by atoms with Crippen molar-refractivity contribution in [2.75, 3.05) is 12.9 Å². The Labute approximate surface area is 310 Å². The molecule has 0 radical (unpaired) electrons. The highest BCUT2D eigenvalue weighted by atomic mass is 32.2. The minimum atomic E-state index is -3.68. The number of rotatable bonds is 11. The summed E-state index contributed by atoms with van der Waals surface area (Å²) in [7, 11) is -3.68. The molecule has 0 aliphatic heterocycles. The number of ether oxygens (including phenoxy) is 1. The van der Waals surface area contributed by atoms with Gasteiger partial charge in [0.15, 0.2) is 0 Å². The highest BCUT2D eigenvalue weighted by Crippen LogP contribution is 2.30. The molecular formula is C39H46N4O5S3. The topological polar surface area (TPSA) is 124 Å². The zero-order chi connectivity index (χ0) is 35.0. The first kappa shape index (κ1) is 41.2. The lowest BCUT2D eigenvalue weighted by molar-refractivity contribution is -0.195. The van der Waals surface area contributed by atoms with Crippen LogP contribution < -0.4 is 15.8 Å². The van der Waals surface area contributed by atoms with Crippen molar-refractivity contribution in [3.8, 4) is 39.6 Å². The summed E-state index contributed by atoms with van der Waals surface area (Å²) in [5.74, 6) is 5.74. The standard InChI is InChI=1S/C19H20N2O3S.C18H18N2O2S2.2CH4/c1-3-22-17-8-4-15(5-9-17)19-12-14(2)13-21(19)16-6-10-18(11-7-16)25-24-23-20;1-13-11-18(14-3-9-17(10-4-14)24(19,21)22)20(12-13)15-5-7-16(23-2)8-6-15;;/h4-13H,3,20H2,1-2H3;3-12H,1-2H3,(H2,19,21,22);2*1H4. The first-order valence-electron chi connectivity index (χ1n) is 15.3. The molecule has 0 bridgehead atoms. The summed E-state index contributed by atoms with van der Waals surface area (Å²) in [5, 5.41) is 5.16. The molecule has 4 N–H and O–H groups in total. The van der Waals surface area contributed by atoms with Gasteiger partial charge in [0.05, 0.1) is 34.9 Å². The van der Waals surface area contributed by atoms with E-state index >= 15 is 0 Å². The second-order valence-corrected chi connectivity index (χ2v) is 14.2. The molecule has 0 saturated carbocycles. The molecule has 2 heterocycles. The number of nitrogens with two attached hydrogens (primary N) is 2. The number of primary sulfonamides is 1. The number of benzene rings is 4. The summed E-state index contributed by atoms with van der Waals surface area (Å²) < 4.78 is 37.3. The molecule has 0 aliphatic rings. The fraction of sp³-hybridized carbons (Fsp3) is 0.179. The number of thioether (sulfide) groups is 1. The fourth-order valence-electron chi connectivity index (χ4n) is 5.23. The average molecular weight is 747 g/mol.